The lowest BCUT2D eigenvalue weighted by atomic mass is 10.0. The topological polar surface area (TPSA) is 62.1 Å². The second-order valence-corrected chi connectivity index (χ2v) is 6.88. The van der Waals surface area contributed by atoms with Gasteiger partial charge in [-0.25, -0.2) is 0 Å². The molecule has 0 bridgehead atoms. The Balaban J connectivity index is 2.06. The van der Waals surface area contributed by atoms with E-state index in [2.05, 4.69) is 5.32 Å². The number of nitriles is 1. The van der Waals surface area contributed by atoms with E-state index in [-0.39, 0.29) is 11.7 Å². The predicted octanol–water partition coefficient (Wildman–Crippen LogP) is 5.83. The fraction of sp³-hybridized carbons (Fsp3) is 0.130. The Morgan fingerprint density at radius 1 is 1.11 bits per heavy atom. The summed E-state index contributed by atoms with van der Waals surface area (Å²) in [6.45, 7) is 3.86. The third kappa shape index (κ3) is 4.33. The minimum Gasteiger partial charge on any atom is -0.490 e. The van der Waals surface area contributed by atoms with Gasteiger partial charge >= 0.3 is 0 Å². The molecular weight excluding hydrogens is 372 g/mol. The van der Waals surface area contributed by atoms with Crippen LogP contribution in [0.1, 0.15) is 19.4 Å². The molecule has 0 atom stereocenters. The van der Waals surface area contributed by atoms with E-state index in [1.54, 1.807) is 30.3 Å². The summed E-state index contributed by atoms with van der Waals surface area (Å²) in [7, 11) is 0. The molecule has 3 aromatic rings. The Hall–Kier alpha value is -3.29. The van der Waals surface area contributed by atoms with Gasteiger partial charge in [-0.15, -0.1) is 0 Å². The van der Waals surface area contributed by atoms with Crippen molar-refractivity contribution in [1.82, 2.24) is 0 Å². The van der Waals surface area contributed by atoms with E-state index in [1.165, 1.54) is 0 Å². The van der Waals surface area contributed by atoms with Crippen molar-refractivity contribution in [2.24, 2.45) is 0 Å². The molecule has 0 aliphatic heterocycles. The maximum absolute atomic E-state index is 12.7. The van der Waals surface area contributed by atoms with Crippen LogP contribution >= 0.6 is 11.6 Å². The van der Waals surface area contributed by atoms with Crippen molar-refractivity contribution >= 4 is 40.0 Å². The molecule has 0 fully saturated rings. The van der Waals surface area contributed by atoms with E-state index in [4.69, 9.17) is 16.3 Å². The molecule has 1 N–H and O–H groups in total. The van der Waals surface area contributed by atoms with Crippen molar-refractivity contribution in [2.75, 3.05) is 5.32 Å². The minimum absolute atomic E-state index is 0.0371. The number of para-hydroxylation sites is 1. The molecule has 3 aromatic carbocycles. The largest absolute Gasteiger partial charge is 0.490 e. The number of halogens is 1. The lowest BCUT2D eigenvalue weighted by molar-refractivity contribution is -0.112. The molecule has 3 rings (SSSR count). The summed E-state index contributed by atoms with van der Waals surface area (Å²) in [6.07, 6.45) is 1.52. The zero-order valence-corrected chi connectivity index (χ0v) is 16.3. The molecule has 0 radical (unpaired) electrons. The first kappa shape index (κ1) is 19.5. The Morgan fingerprint density at radius 3 is 2.54 bits per heavy atom. The summed E-state index contributed by atoms with van der Waals surface area (Å²) in [6, 6.07) is 20.4. The van der Waals surface area contributed by atoms with E-state index in [9.17, 15) is 10.1 Å². The number of rotatable bonds is 5. The molecule has 0 heterocycles. The molecule has 1 amide bonds. The van der Waals surface area contributed by atoms with Gasteiger partial charge in [0.2, 0.25) is 0 Å². The van der Waals surface area contributed by atoms with Crippen LogP contribution in [0.25, 0.3) is 16.8 Å². The van der Waals surface area contributed by atoms with E-state index in [0.29, 0.717) is 22.0 Å². The highest BCUT2D eigenvalue weighted by atomic mass is 35.5. The lowest BCUT2D eigenvalue weighted by Gasteiger charge is -2.15. The average Bonchev–Trinajstić information content (AvgIpc) is 2.68. The van der Waals surface area contributed by atoms with Gasteiger partial charge in [0.05, 0.1) is 16.8 Å². The van der Waals surface area contributed by atoms with E-state index < -0.39 is 5.91 Å². The molecule has 0 spiro atoms. The van der Waals surface area contributed by atoms with Crippen LogP contribution < -0.4 is 10.1 Å². The molecule has 0 aliphatic carbocycles. The number of ether oxygens (including phenoxy) is 1. The van der Waals surface area contributed by atoms with Crippen LogP contribution in [0.15, 0.2) is 66.2 Å². The fourth-order valence-corrected chi connectivity index (χ4v) is 3.01. The molecule has 4 nitrogen and oxygen atoms in total. The number of benzene rings is 3. The van der Waals surface area contributed by atoms with Gasteiger partial charge in [-0.1, -0.05) is 54.1 Å². The van der Waals surface area contributed by atoms with Crippen molar-refractivity contribution in [3.05, 3.63) is 76.8 Å². The van der Waals surface area contributed by atoms with Gasteiger partial charge < -0.3 is 10.1 Å². The number of fused-ring (bicyclic) bond motifs is 1. The Morgan fingerprint density at radius 2 is 1.82 bits per heavy atom. The monoisotopic (exact) mass is 390 g/mol. The molecule has 5 heteroatoms. The van der Waals surface area contributed by atoms with Crippen LogP contribution in [-0.2, 0) is 4.79 Å². The van der Waals surface area contributed by atoms with Crippen molar-refractivity contribution in [2.45, 2.75) is 20.0 Å². The number of nitrogens with zero attached hydrogens (tertiary/aromatic N) is 1. The fourth-order valence-electron chi connectivity index (χ4n) is 2.83. The number of carbonyl (C=O) groups excluding carboxylic acids is 1. The molecule has 0 aliphatic rings. The summed E-state index contributed by atoms with van der Waals surface area (Å²) in [4.78, 5) is 12.7. The van der Waals surface area contributed by atoms with E-state index in [0.717, 1.165) is 10.8 Å². The second kappa shape index (κ2) is 8.60. The normalized spacial score (nSPS) is 11.3. The van der Waals surface area contributed by atoms with Crippen LogP contribution in [0, 0.1) is 11.3 Å². The van der Waals surface area contributed by atoms with Crippen molar-refractivity contribution in [3.8, 4) is 11.8 Å². The summed E-state index contributed by atoms with van der Waals surface area (Å²) in [5.74, 6) is 0.0889. The SMILES string of the molecule is CC(C)Oc1ccc2ccccc2c1/C=C(\C#N)C(=O)Nc1ccccc1Cl. The van der Waals surface area contributed by atoms with Gasteiger partial charge in [0, 0.05) is 5.56 Å². The first-order valence-corrected chi connectivity index (χ1v) is 9.23. The highest BCUT2D eigenvalue weighted by Gasteiger charge is 2.15. The maximum Gasteiger partial charge on any atom is 0.266 e. The molecule has 0 saturated carbocycles. The third-order valence-electron chi connectivity index (χ3n) is 4.07. The van der Waals surface area contributed by atoms with Gasteiger partial charge in [0.15, 0.2) is 0 Å². The van der Waals surface area contributed by atoms with Gasteiger partial charge in [-0.2, -0.15) is 5.26 Å². The van der Waals surface area contributed by atoms with Crippen molar-refractivity contribution in [1.29, 1.82) is 5.26 Å². The van der Waals surface area contributed by atoms with Gasteiger partial charge in [-0.3, -0.25) is 4.79 Å². The quantitative estimate of drug-likeness (QED) is 0.440. The molecule has 28 heavy (non-hydrogen) atoms. The number of nitrogens with one attached hydrogen (secondary N) is 1. The van der Waals surface area contributed by atoms with Gasteiger partial charge in [0.1, 0.15) is 17.4 Å². The minimum atomic E-state index is -0.529. The molecular formula is C23H19ClN2O2. The Labute approximate surface area is 169 Å². The summed E-state index contributed by atoms with van der Waals surface area (Å²) in [5, 5.41) is 14.6. The average molecular weight is 391 g/mol. The number of amides is 1. The summed E-state index contributed by atoms with van der Waals surface area (Å²) in [5.41, 5.74) is 1.11. The number of carbonyl (C=O) groups is 1. The predicted molar refractivity (Wildman–Crippen MR) is 113 cm³/mol. The standard InChI is InChI=1S/C23H19ClN2O2/c1-15(2)28-22-12-11-16-7-3-4-8-18(16)19(22)13-17(14-25)23(27)26-21-10-6-5-9-20(21)24/h3-13,15H,1-2H3,(H,26,27)/b17-13+. The van der Waals surface area contributed by atoms with Crippen LogP contribution in [-0.4, -0.2) is 12.0 Å². The van der Waals surface area contributed by atoms with Crippen molar-refractivity contribution in [3.63, 3.8) is 0 Å². The van der Waals surface area contributed by atoms with Crippen LogP contribution in [0.2, 0.25) is 5.02 Å². The molecule has 0 aromatic heterocycles. The Kier molecular flexibility index (Phi) is 5.98. The van der Waals surface area contributed by atoms with Crippen molar-refractivity contribution < 1.29 is 9.53 Å². The van der Waals surface area contributed by atoms with E-state index in [1.807, 2.05) is 56.3 Å². The summed E-state index contributed by atoms with van der Waals surface area (Å²) < 4.78 is 5.91. The number of anilines is 1. The first-order chi connectivity index (χ1) is 13.5. The molecule has 0 saturated heterocycles. The van der Waals surface area contributed by atoms with Crippen LogP contribution in [0.4, 0.5) is 5.69 Å². The molecule has 140 valence electrons. The van der Waals surface area contributed by atoms with Crippen LogP contribution in [0.5, 0.6) is 5.75 Å². The summed E-state index contributed by atoms with van der Waals surface area (Å²) >= 11 is 6.10. The number of hydrogen-bond donors (Lipinski definition) is 1. The highest BCUT2D eigenvalue weighted by Crippen LogP contribution is 2.31. The molecule has 0 unspecified atom stereocenters. The highest BCUT2D eigenvalue weighted by molar-refractivity contribution is 6.34. The van der Waals surface area contributed by atoms with Gasteiger partial charge in [0.25, 0.3) is 5.91 Å². The maximum atomic E-state index is 12.7. The lowest BCUT2D eigenvalue weighted by Crippen LogP contribution is -2.14. The third-order valence-corrected chi connectivity index (χ3v) is 4.40. The zero-order valence-electron chi connectivity index (χ0n) is 15.6. The first-order valence-electron chi connectivity index (χ1n) is 8.85. The Bertz CT molecular complexity index is 1100. The van der Waals surface area contributed by atoms with Gasteiger partial charge in [-0.05, 0) is 48.9 Å². The number of hydrogen-bond acceptors (Lipinski definition) is 3. The zero-order chi connectivity index (χ0) is 20.1. The van der Waals surface area contributed by atoms with E-state index >= 15 is 0 Å². The van der Waals surface area contributed by atoms with Crippen LogP contribution in [0.3, 0.4) is 0 Å². The smallest absolute Gasteiger partial charge is 0.266 e. The second-order valence-electron chi connectivity index (χ2n) is 6.47.